The quantitative estimate of drug-likeness (QED) is 0.230. The summed E-state index contributed by atoms with van der Waals surface area (Å²) in [6.07, 6.45) is 5.60. The highest BCUT2D eigenvalue weighted by molar-refractivity contribution is 6.01. The first-order valence-electron chi connectivity index (χ1n) is 15.9. The third-order valence-electron chi connectivity index (χ3n) is 9.32. The van der Waals surface area contributed by atoms with Gasteiger partial charge in [0.15, 0.2) is 5.82 Å². The minimum Gasteiger partial charge on any atom is -0.508 e. The summed E-state index contributed by atoms with van der Waals surface area (Å²) in [6, 6.07) is 5.09. The molecular formula is C33H34F3N9O3. The molecule has 0 bridgehead atoms. The van der Waals surface area contributed by atoms with Gasteiger partial charge in [-0.15, -0.1) is 0 Å². The number of carbonyl (C=O) groups excluding carboxylic acids is 1. The molecule has 0 radical (unpaired) electrons. The monoisotopic (exact) mass is 661 g/mol. The number of rotatable bonds is 9. The Balaban J connectivity index is 1.29. The standard InChI is InChI=1S/C33H34F3N9O3/c1-3-22-25(35)6-5-19-13-21(46)14-23(26(19)22)28-27(36)29-24(16-38-28)30(43(2)12-10-37-32(47)45-39-8-9-40-45)42-31(41-29)48-18-33-7-4-11-44(33)17-20(34)15-33/h5-6,8-9,13-14,16,20,46H,3-4,7,10-12,15,17-18H2,1-2H3,(H,37,47)/t20-,33+/m1/s1. The zero-order chi connectivity index (χ0) is 33.6. The molecule has 2 aliphatic heterocycles. The van der Waals surface area contributed by atoms with Crippen LogP contribution in [0.3, 0.4) is 0 Å². The van der Waals surface area contributed by atoms with E-state index in [9.17, 15) is 18.7 Å². The van der Waals surface area contributed by atoms with Gasteiger partial charge in [0.2, 0.25) is 0 Å². The minimum absolute atomic E-state index is 0.0989. The maximum absolute atomic E-state index is 16.8. The number of likely N-dealkylation sites (N-methyl/N-ethyl adjacent to an activating group) is 1. The van der Waals surface area contributed by atoms with Gasteiger partial charge >= 0.3 is 12.0 Å². The van der Waals surface area contributed by atoms with E-state index in [0.717, 1.165) is 24.2 Å². The average molecular weight is 662 g/mol. The molecule has 15 heteroatoms. The van der Waals surface area contributed by atoms with E-state index in [2.05, 4.69) is 35.4 Å². The van der Waals surface area contributed by atoms with Crippen LogP contribution in [-0.4, -0.2) is 97.5 Å². The molecule has 5 aromatic rings. The van der Waals surface area contributed by atoms with Crippen LogP contribution in [0.5, 0.6) is 11.8 Å². The molecule has 2 fully saturated rings. The minimum atomic E-state index is -0.957. The fourth-order valence-corrected chi connectivity index (χ4v) is 7.07. The number of phenols is 1. The van der Waals surface area contributed by atoms with Crippen LogP contribution in [0.2, 0.25) is 0 Å². The van der Waals surface area contributed by atoms with E-state index in [0.29, 0.717) is 35.7 Å². The predicted molar refractivity (Wildman–Crippen MR) is 172 cm³/mol. The van der Waals surface area contributed by atoms with Crippen LogP contribution in [0.15, 0.2) is 42.9 Å². The molecule has 5 heterocycles. The van der Waals surface area contributed by atoms with Crippen molar-refractivity contribution in [3.8, 4) is 23.0 Å². The van der Waals surface area contributed by atoms with Gasteiger partial charge in [0, 0.05) is 44.9 Å². The van der Waals surface area contributed by atoms with Crippen LogP contribution < -0.4 is 15.0 Å². The summed E-state index contributed by atoms with van der Waals surface area (Å²) in [5.41, 5.74) is -0.133. The lowest BCUT2D eigenvalue weighted by molar-refractivity contribution is 0.107. The third-order valence-corrected chi connectivity index (χ3v) is 9.32. The van der Waals surface area contributed by atoms with Crippen molar-refractivity contribution in [1.82, 2.24) is 40.2 Å². The first kappa shape index (κ1) is 31.5. The normalized spacial score (nSPS) is 19.2. The average Bonchev–Trinajstić information content (AvgIpc) is 3.81. The number of anilines is 1. The van der Waals surface area contributed by atoms with Crippen LogP contribution in [-0.2, 0) is 6.42 Å². The largest absolute Gasteiger partial charge is 0.508 e. The second-order valence-electron chi connectivity index (χ2n) is 12.3. The van der Waals surface area contributed by atoms with Crippen LogP contribution >= 0.6 is 0 Å². The Hall–Kier alpha value is -5.05. The molecule has 1 amide bonds. The maximum atomic E-state index is 16.8. The number of ether oxygens (including phenoxy) is 1. The van der Waals surface area contributed by atoms with E-state index in [4.69, 9.17) is 4.74 Å². The number of benzene rings is 2. The number of fused-ring (bicyclic) bond motifs is 3. The molecule has 2 N–H and O–H groups in total. The highest BCUT2D eigenvalue weighted by Gasteiger charge is 2.49. The van der Waals surface area contributed by atoms with Crippen molar-refractivity contribution in [1.29, 1.82) is 0 Å². The molecule has 0 spiro atoms. The van der Waals surface area contributed by atoms with Crippen molar-refractivity contribution in [2.45, 2.75) is 44.3 Å². The van der Waals surface area contributed by atoms with Gasteiger partial charge in [-0.3, -0.25) is 9.88 Å². The number of carbonyl (C=O) groups is 1. The molecule has 48 heavy (non-hydrogen) atoms. The summed E-state index contributed by atoms with van der Waals surface area (Å²) >= 11 is 0. The van der Waals surface area contributed by atoms with Crippen molar-refractivity contribution in [2.24, 2.45) is 0 Å². The van der Waals surface area contributed by atoms with Crippen LogP contribution in [0.25, 0.3) is 32.9 Å². The first-order chi connectivity index (χ1) is 23.2. The summed E-state index contributed by atoms with van der Waals surface area (Å²) in [6.45, 7) is 3.47. The first-order valence-corrected chi connectivity index (χ1v) is 15.9. The van der Waals surface area contributed by atoms with Crippen LogP contribution in [0.1, 0.15) is 31.7 Å². The van der Waals surface area contributed by atoms with Gasteiger partial charge in [0.1, 0.15) is 41.4 Å². The Morgan fingerprint density at radius 2 is 2.02 bits per heavy atom. The van der Waals surface area contributed by atoms with Gasteiger partial charge in [-0.05, 0) is 60.3 Å². The molecular weight excluding hydrogens is 627 g/mol. The molecule has 0 saturated carbocycles. The zero-order valence-corrected chi connectivity index (χ0v) is 26.5. The number of amides is 1. The molecule has 250 valence electrons. The number of aromatic hydroxyl groups is 1. The number of nitrogens with one attached hydrogen (secondary N) is 1. The van der Waals surface area contributed by atoms with Crippen molar-refractivity contribution in [3.63, 3.8) is 0 Å². The Morgan fingerprint density at radius 3 is 2.81 bits per heavy atom. The van der Waals surface area contributed by atoms with Gasteiger partial charge in [0.25, 0.3) is 0 Å². The molecule has 2 aliphatic rings. The highest BCUT2D eigenvalue weighted by atomic mass is 19.1. The lowest BCUT2D eigenvalue weighted by Gasteiger charge is -2.31. The van der Waals surface area contributed by atoms with Gasteiger partial charge in [0.05, 0.1) is 23.3 Å². The summed E-state index contributed by atoms with van der Waals surface area (Å²) in [4.78, 5) is 30.6. The smallest absolute Gasteiger partial charge is 0.359 e. The number of hydrogen-bond donors (Lipinski definition) is 2. The molecule has 0 unspecified atom stereocenters. The molecule has 2 aromatic carbocycles. The SMILES string of the molecule is CCc1c(F)ccc2cc(O)cc(-c3ncc4c(N(C)CCNC(=O)n5nccn5)nc(OC[C@@]56CCCN5C[C@H](F)C6)nc4c3F)c12. The van der Waals surface area contributed by atoms with Crippen LogP contribution in [0.4, 0.5) is 23.8 Å². The maximum Gasteiger partial charge on any atom is 0.359 e. The second kappa shape index (κ2) is 12.5. The van der Waals surface area contributed by atoms with E-state index >= 15 is 4.39 Å². The summed E-state index contributed by atoms with van der Waals surface area (Å²) in [7, 11) is 1.72. The molecule has 7 rings (SSSR count). The van der Waals surface area contributed by atoms with Crippen molar-refractivity contribution < 1.29 is 27.8 Å². The third kappa shape index (κ3) is 5.61. The predicted octanol–water partition coefficient (Wildman–Crippen LogP) is 4.63. The molecule has 2 saturated heterocycles. The van der Waals surface area contributed by atoms with E-state index in [1.165, 1.54) is 42.9 Å². The van der Waals surface area contributed by atoms with Gasteiger partial charge < -0.3 is 20.1 Å². The Morgan fingerprint density at radius 1 is 1.21 bits per heavy atom. The van der Waals surface area contributed by atoms with E-state index < -0.39 is 29.4 Å². The van der Waals surface area contributed by atoms with E-state index in [-0.39, 0.29) is 59.4 Å². The molecule has 0 aliphatic carbocycles. The second-order valence-corrected chi connectivity index (χ2v) is 12.3. The highest BCUT2D eigenvalue weighted by Crippen LogP contribution is 2.41. The molecule has 12 nitrogen and oxygen atoms in total. The number of hydrogen-bond acceptors (Lipinski definition) is 10. The zero-order valence-electron chi connectivity index (χ0n) is 26.5. The Labute approximate surface area is 273 Å². The number of nitrogens with zero attached hydrogens (tertiary/aromatic N) is 8. The summed E-state index contributed by atoms with van der Waals surface area (Å²) in [5.74, 6) is -1.10. The fraction of sp³-hybridized carbons (Fsp3) is 0.394. The Bertz CT molecular complexity index is 2010. The van der Waals surface area contributed by atoms with E-state index in [1.807, 2.05) is 0 Å². The summed E-state index contributed by atoms with van der Waals surface area (Å²) in [5, 5.41) is 22.1. The fourth-order valence-electron chi connectivity index (χ4n) is 7.07. The van der Waals surface area contributed by atoms with Crippen LogP contribution in [0, 0.1) is 11.6 Å². The van der Waals surface area contributed by atoms with Gasteiger partial charge in [-0.2, -0.15) is 20.2 Å². The number of aromatic nitrogens is 6. The topological polar surface area (TPSA) is 134 Å². The number of aryl methyl sites for hydroxylation is 1. The number of pyridine rings is 1. The van der Waals surface area contributed by atoms with Crippen molar-refractivity contribution >= 4 is 33.5 Å². The lowest BCUT2D eigenvalue weighted by atomic mass is 9.94. The number of halogens is 3. The van der Waals surface area contributed by atoms with Crippen molar-refractivity contribution in [2.75, 3.05) is 44.7 Å². The van der Waals surface area contributed by atoms with Crippen molar-refractivity contribution in [3.05, 3.63) is 60.1 Å². The number of alkyl halides is 1. The van der Waals surface area contributed by atoms with E-state index in [1.54, 1.807) is 18.9 Å². The number of phenolic OH excluding ortho intramolecular Hbond substituents is 1. The summed E-state index contributed by atoms with van der Waals surface area (Å²) < 4.78 is 52.3. The lowest BCUT2D eigenvalue weighted by Crippen LogP contribution is -2.43. The Kier molecular flexibility index (Phi) is 8.23. The van der Waals surface area contributed by atoms with Gasteiger partial charge in [-0.1, -0.05) is 17.8 Å². The molecule has 3 aromatic heterocycles. The molecule has 2 atom stereocenters. The van der Waals surface area contributed by atoms with Gasteiger partial charge in [-0.25, -0.2) is 18.0 Å².